The Hall–Kier alpha value is -2.92. The molecule has 5 nitrogen and oxygen atoms in total. The van der Waals surface area contributed by atoms with Crippen molar-refractivity contribution in [3.63, 3.8) is 0 Å². The zero-order valence-electron chi connectivity index (χ0n) is 18.9. The van der Waals surface area contributed by atoms with Crippen LogP contribution in [0.15, 0.2) is 59.7 Å². The van der Waals surface area contributed by atoms with Crippen LogP contribution >= 0.6 is 0 Å². The van der Waals surface area contributed by atoms with Gasteiger partial charge in [-0.05, 0) is 55.2 Å². The van der Waals surface area contributed by atoms with Gasteiger partial charge in [0.1, 0.15) is 5.69 Å². The molecule has 1 aliphatic heterocycles. The molecule has 162 valence electrons. The zero-order chi connectivity index (χ0) is 22.0. The fourth-order valence-corrected chi connectivity index (χ4v) is 4.56. The highest BCUT2D eigenvalue weighted by molar-refractivity contribution is 5.83. The molecule has 5 heteroatoms. The highest BCUT2D eigenvalue weighted by Crippen LogP contribution is 2.35. The minimum absolute atomic E-state index is 0.0609. The van der Waals surface area contributed by atoms with Crippen LogP contribution in [0, 0.1) is 6.92 Å². The highest BCUT2D eigenvalue weighted by Gasteiger charge is 2.28. The van der Waals surface area contributed by atoms with Crippen molar-refractivity contribution in [2.24, 2.45) is 7.05 Å². The Labute approximate surface area is 184 Å². The molecule has 2 aromatic heterocycles. The van der Waals surface area contributed by atoms with Crippen LogP contribution in [0.2, 0.25) is 0 Å². The van der Waals surface area contributed by atoms with E-state index in [0.717, 1.165) is 54.0 Å². The molecule has 0 aliphatic carbocycles. The lowest BCUT2D eigenvalue weighted by Crippen LogP contribution is -2.42. The van der Waals surface area contributed by atoms with Crippen molar-refractivity contribution in [1.29, 1.82) is 0 Å². The Bertz CT molecular complexity index is 1100. The fraction of sp³-hybridized carbons (Fsp3) is 0.385. The molecule has 4 rings (SSSR count). The van der Waals surface area contributed by atoms with Gasteiger partial charge in [-0.15, -0.1) is 0 Å². The second-order valence-electron chi connectivity index (χ2n) is 8.81. The first kappa shape index (κ1) is 21.3. The van der Waals surface area contributed by atoms with Crippen molar-refractivity contribution in [2.75, 3.05) is 18.0 Å². The largest absolute Gasteiger partial charge is 0.363 e. The maximum Gasteiger partial charge on any atom is 0.274 e. The lowest BCUT2D eigenvalue weighted by atomic mass is 9.97. The quantitative estimate of drug-likeness (QED) is 0.648. The van der Waals surface area contributed by atoms with Gasteiger partial charge < -0.3 is 14.8 Å². The van der Waals surface area contributed by atoms with Crippen LogP contribution in [0.25, 0.3) is 22.4 Å². The third-order valence-electron chi connectivity index (χ3n) is 6.13. The number of hydrogen-bond acceptors (Lipinski definition) is 4. The van der Waals surface area contributed by atoms with Crippen LogP contribution in [0.3, 0.4) is 0 Å². The van der Waals surface area contributed by atoms with Gasteiger partial charge in [-0.2, -0.15) is 0 Å². The van der Waals surface area contributed by atoms with E-state index in [4.69, 9.17) is 0 Å². The van der Waals surface area contributed by atoms with Crippen molar-refractivity contribution in [3.05, 3.63) is 70.8 Å². The smallest absolute Gasteiger partial charge is 0.274 e. The van der Waals surface area contributed by atoms with Gasteiger partial charge in [-0.25, -0.2) is 0 Å². The van der Waals surface area contributed by atoms with Gasteiger partial charge in [-0.1, -0.05) is 37.6 Å². The van der Waals surface area contributed by atoms with Gasteiger partial charge in [0.25, 0.3) is 5.56 Å². The summed E-state index contributed by atoms with van der Waals surface area (Å²) in [5, 5.41) is 3.55. The minimum atomic E-state index is 0.0609. The fourth-order valence-electron chi connectivity index (χ4n) is 4.56. The molecule has 0 unspecified atom stereocenters. The Morgan fingerprint density at radius 2 is 1.90 bits per heavy atom. The first-order chi connectivity index (χ1) is 15.0. The van der Waals surface area contributed by atoms with Crippen molar-refractivity contribution in [1.82, 2.24) is 14.9 Å². The summed E-state index contributed by atoms with van der Waals surface area (Å²) >= 11 is 0. The van der Waals surface area contributed by atoms with E-state index in [0.29, 0.717) is 12.1 Å². The molecular weight excluding hydrogens is 384 g/mol. The Morgan fingerprint density at radius 1 is 1.13 bits per heavy atom. The Morgan fingerprint density at radius 3 is 2.61 bits per heavy atom. The number of aromatic nitrogens is 2. The summed E-state index contributed by atoms with van der Waals surface area (Å²) < 4.78 is 1.82. The number of pyridine rings is 2. The molecular formula is C26H32N4O. The summed E-state index contributed by atoms with van der Waals surface area (Å²) in [6.45, 7) is 8.22. The summed E-state index contributed by atoms with van der Waals surface area (Å²) in [5.74, 6) is 0. The third-order valence-corrected chi connectivity index (χ3v) is 6.13. The first-order valence-corrected chi connectivity index (χ1v) is 11.2. The van der Waals surface area contributed by atoms with Crippen molar-refractivity contribution in [2.45, 2.75) is 45.7 Å². The topological polar surface area (TPSA) is 50.2 Å². The number of nitrogens with zero attached hydrogens (tertiary/aromatic N) is 3. The lowest BCUT2D eigenvalue weighted by Gasteiger charge is -2.29. The van der Waals surface area contributed by atoms with E-state index < -0.39 is 0 Å². The Balaban J connectivity index is 1.87. The SMILES string of the molecule is Cc1cccc(-c2c(-c3ccncc3)cc(N3CCC[C@@H]3CNC(C)C)c(=O)n2C)c1. The van der Waals surface area contributed by atoms with Crippen molar-refractivity contribution >= 4 is 5.69 Å². The van der Waals surface area contributed by atoms with E-state index in [9.17, 15) is 4.79 Å². The molecule has 0 saturated carbocycles. The van der Waals surface area contributed by atoms with Crippen molar-refractivity contribution < 1.29 is 0 Å². The van der Waals surface area contributed by atoms with Crippen LogP contribution in [0.5, 0.6) is 0 Å². The number of aryl methyl sites for hydroxylation is 1. The highest BCUT2D eigenvalue weighted by atomic mass is 16.1. The van der Waals surface area contributed by atoms with Crippen LogP contribution in [0.4, 0.5) is 5.69 Å². The summed E-state index contributed by atoms with van der Waals surface area (Å²) in [7, 11) is 1.89. The molecule has 1 fully saturated rings. The van der Waals surface area contributed by atoms with Crippen molar-refractivity contribution in [3.8, 4) is 22.4 Å². The third kappa shape index (κ3) is 4.42. The Kier molecular flexibility index (Phi) is 6.23. The van der Waals surface area contributed by atoms with Gasteiger partial charge >= 0.3 is 0 Å². The molecule has 1 saturated heterocycles. The van der Waals surface area contributed by atoms with Crippen LogP contribution in [-0.4, -0.2) is 34.7 Å². The van der Waals surface area contributed by atoms with E-state index in [2.05, 4.69) is 60.2 Å². The van der Waals surface area contributed by atoms with Gasteiger partial charge in [0, 0.05) is 50.2 Å². The maximum atomic E-state index is 13.6. The monoisotopic (exact) mass is 416 g/mol. The standard InChI is InChI=1S/C26H32N4O/c1-18(2)28-17-22-9-6-14-30(22)24-16-23(20-10-12-27-13-11-20)25(29(4)26(24)31)21-8-5-7-19(3)15-21/h5,7-8,10-13,15-16,18,22,28H,6,9,14,17H2,1-4H3/t22-/m1/s1. The van der Waals surface area contributed by atoms with Gasteiger partial charge in [-0.3, -0.25) is 9.78 Å². The van der Waals surface area contributed by atoms with E-state index in [1.807, 2.05) is 42.2 Å². The molecule has 1 N–H and O–H groups in total. The summed E-state index contributed by atoms with van der Waals surface area (Å²) in [6.07, 6.45) is 5.83. The van der Waals surface area contributed by atoms with Gasteiger partial charge in [0.2, 0.25) is 0 Å². The molecule has 3 aromatic rings. The molecule has 31 heavy (non-hydrogen) atoms. The normalized spacial score (nSPS) is 16.3. The number of rotatable bonds is 6. The second-order valence-corrected chi connectivity index (χ2v) is 8.81. The first-order valence-electron chi connectivity index (χ1n) is 11.2. The number of anilines is 1. The molecule has 1 aromatic carbocycles. The second kappa shape index (κ2) is 9.06. The van der Waals surface area contributed by atoms with Gasteiger partial charge in [0.15, 0.2) is 0 Å². The van der Waals surface area contributed by atoms with Crippen LogP contribution in [0.1, 0.15) is 32.3 Å². The van der Waals surface area contributed by atoms with Crippen LogP contribution in [-0.2, 0) is 7.05 Å². The van der Waals surface area contributed by atoms with E-state index >= 15 is 0 Å². The van der Waals surface area contributed by atoms with E-state index in [1.54, 1.807) is 0 Å². The molecule has 0 spiro atoms. The predicted octanol–water partition coefficient (Wildman–Crippen LogP) is 4.39. The summed E-state index contributed by atoms with van der Waals surface area (Å²) in [6, 6.07) is 15.3. The molecule has 1 aliphatic rings. The number of benzene rings is 1. The predicted molar refractivity (Wildman–Crippen MR) is 129 cm³/mol. The van der Waals surface area contributed by atoms with E-state index in [-0.39, 0.29) is 5.56 Å². The minimum Gasteiger partial charge on any atom is -0.363 e. The molecule has 0 bridgehead atoms. The maximum absolute atomic E-state index is 13.6. The molecule has 1 atom stereocenters. The molecule has 0 radical (unpaired) electrons. The summed E-state index contributed by atoms with van der Waals surface area (Å²) in [5.41, 5.74) is 6.16. The zero-order valence-corrected chi connectivity index (χ0v) is 18.9. The summed E-state index contributed by atoms with van der Waals surface area (Å²) in [4.78, 5) is 20.1. The average molecular weight is 417 g/mol. The molecule has 0 amide bonds. The van der Waals surface area contributed by atoms with Gasteiger partial charge in [0.05, 0.1) is 5.69 Å². The number of nitrogens with one attached hydrogen (secondary N) is 1. The average Bonchev–Trinajstić information content (AvgIpc) is 3.23. The number of hydrogen-bond donors (Lipinski definition) is 1. The van der Waals surface area contributed by atoms with Crippen LogP contribution < -0.4 is 15.8 Å². The lowest BCUT2D eigenvalue weighted by molar-refractivity contribution is 0.523. The van der Waals surface area contributed by atoms with E-state index in [1.165, 1.54) is 5.56 Å². The molecule has 3 heterocycles.